The predicted molar refractivity (Wildman–Crippen MR) is 95.4 cm³/mol. The van der Waals surface area contributed by atoms with E-state index in [1.165, 1.54) is 11.3 Å². The molecule has 2 aromatic heterocycles. The fourth-order valence-corrected chi connectivity index (χ4v) is 4.06. The van der Waals surface area contributed by atoms with E-state index in [9.17, 15) is 9.59 Å². The van der Waals surface area contributed by atoms with E-state index in [-0.39, 0.29) is 17.5 Å². The van der Waals surface area contributed by atoms with E-state index in [0.29, 0.717) is 13.0 Å². The fraction of sp³-hybridized carbons (Fsp3) is 0.588. The second kappa shape index (κ2) is 7.44. The molecule has 24 heavy (non-hydrogen) atoms. The minimum Gasteiger partial charge on any atom is -0.353 e. The number of amides is 1. The number of piperidine rings is 1. The van der Waals surface area contributed by atoms with Gasteiger partial charge in [-0.05, 0) is 26.2 Å². The Morgan fingerprint density at radius 1 is 1.42 bits per heavy atom. The van der Waals surface area contributed by atoms with Crippen LogP contribution in [-0.2, 0) is 11.3 Å². The van der Waals surface area contributed by atoms with E-state index in [0.717, 1.165) is 48.7 Å². The van der Waals surface area contributed by atoms with Crippen molar-refractivity contribution in [1.29, 1.82) is 0 Å². The molecule has 0 radical (unpaired) electrons. The zero-order valence-electron chi connectivity index (χ0n) is 14.2. The Kier molecular flexibility index (Phi) is 5.30. The van der Waals surface area contributed by atoms with Crippen LogP contribution in [0.3, 0.4) is 0 Å². The van der Waals surface area contributed by atoms with Crippen LogP contribution in [0.5, 0.6) is 0 Å². The first kappa shape index (κ1) is 17.1. The summed E-state index contributed by atoms with van der Waals surface area (Å²) in [6, 6.07) is 1.92. The highest BCUT2D eigenvalue weighted by Crippen LogP contribution is 2.15. The summed E-state index contributed by atoms with van der Waals surface area (Å²) in [5.41, 5.74) is 1.76. The molecule has 7 heteroatoms. The lowest BCUT2D eigenvalue weighted by Crippen LogP contribution is -2.44. The van der Waals surface area contributed by atoms with Gasteiger partial charge in [0.2, 0.25) is 5.91 Å². The van der Waals surface area contributed by atoms with Gasteiger partial charge in [-0.3, -0.25) is 18.9 Å². The number of aromatic nitrogens is 2. The zero-order valence-corrected chi connectivity index (χ0v) is 15.1. The summed E-state index contributed by atoms with van der Waals surface area (Å²) in [5, 5.41) is 5.06. The summed E-state index contributed by atoms with van der Waals surface area (Å²) >= 11 is 1.50. The average molecular weight is 348 g/mol. The van der Waals surface area contributed by atoms with Crippen LogP contribution in [0.25, 0.3) is 4.96 Å². The number of nitrogens with zero attached hydrogens (tertiary/aromatic N) is 3. The minimum atomic E-state index is -0.00420. The Morgan fingerprint density at radius 2 is 2.17 bits per heavy atom. The standard InChI is InChI=1S/C17H24N4O2S/c1-3-4-15(22)18-13-5-7-20(8-6-13)10-14-9-16(23)21-12(2)11-24-17(21)19-14/h9,11,13H,3-8,10H2,1-2H3,(H,18,22). The molecule has 1 saturated heterocycles. The van der Waals surface area contributed by atoms with Gasteiger partial charge < -0.3 is 5.32 Å². The van der Waals surface area contributed by atoms with Crippen molar-refractivity contribution in [2.24, 2.45) is 0 Å². The molecule has 1 N–H and O–H groups in total. The predicted octanol–water partition coefficient (Wildman–Crippen LogP) is 1.95. The Bertz CT molecular complexity index is 774. The van der Waals surface area contributed by atoms with Gasteiger partial charge in [0, 0.05) is 49.2 Å². The van der Waals surface area contributed by atoms with Crippen molar-refractivity contribution in [2.45, 2.75) is 52.1 Å². The van der Waals surface area contributed by atoms with Gasteiger partial charge in [-0.25, -0.2) is 4.98 Å². The molecule has 0 bridgehead atoms. The summed E-state index contributed by atoms with van der Waals surface area (Å²) in [6.45, 7) is 6.47. The fourth-order valence-electron chi connectivity index (χ4n) is 3.17. The van der Waals surface area contributed by atoms with Crippen molar-refractivity contribution in [1.82, 2.24) is 19.6 Å². The van der Waals surface area contributed by atoms with Crippen molar-refractivity contribution in [3.05, 3.63) is 33.2 Å². The Morgan fingerprint density at radius 3 is 2.88 bits per heavy atom. The lowest BCUT2D eigenvalue weighted by Gasteiger charge is -2.32. The summed E-state index contributed by atoms with van der Waals surface area (Å²) in [6.07, 6.45) is 3.40. The maximum absolute atomic E-state index is 12.2. The van der Waals surface area contributed by atoms with Crippen LogP contribution < -0.4 is 10.9 Å². The molecule has 0 aromatic carbocycles. The molecular weight excluding hydrogens is 324 g/mol. The molecule has 6 nitrogen and oxygen atoms in total. The molecule has 1 aliphatic heterocycles. The van der Waals surface area contributed by atoms with Crippen LogP contribution in [0, 0.1) is 6.92 Å². The van der Waals surface area contributed by atoms with Crippen LogP contribution in [0.1, 0.15) is 44.0 Å². The van der Waals surface area contributed by atoms with Gasteiger partial charge in [0.05, 0.1) is 5.69 Å². The number of carbonyl (C=O) groups is 1. The molecule has 2 aromatic rings. The minimum absolute atomic E-state index is 0.00420. The molecule has 0 unspecified atom stereocenters. The first-order chi connectivity index (χ1) is 11.6. The van der Waals surface area contributed by atoms with E-state index < -0.39 is 0 Å². The zero-order chi connectivity index (χ0) is 17.1. The maximum Gasteiger partial charge on any atom is 0.259 e. The van der Waals surface area contributed by atoms with Gasteiger partial charge in [-0.1, -0.05) is 6.92 Å². The molecule has 130 valence electrons. The maximum atomic E-state index is 12.2. The quantitative estimate of drug-likeness (QED) is 0.897. The number of likely N-dealkylation sites (tertiary alicyclic amines) is 1. The van der Waals surface area contributed by atoms with E-state index in [4.69, 9.17) is 0 Å². The number of rotatable bonds is 5. The number of hydrogen-bond donors (Lipinski definition) is 1. The van der Waals surface area contributed by atoms with Gasteiger partial charge >= 0.3 is 0 Å². The summed E-state index contributed by atoms with van der Waals surface area (Å²) in [7, 11) is 0. The number of thiazole rings is 1. The van der Waals surface area contributed by atoms with Crippen molar-refractivity contribution < 1.29 is 4.79 Å². The average Bonchev–Trinajstić information content (AvgIpc) is 2.91. The molecule has 3 heterocycles. The van der Waals surface area contributed by atoms with Crippen molar-refractivity contribution in [3.63, 3.8) is 0 Å². The molecule has 3 rings (SSSR count). The van der Waals surface area contributed by atoms with Crippen LogP contribution >= 0.6 is 11.3 Å². The van der Waals surface area contributed by atoms with Gasteiger partial charge in [-0.2, -0.15) is 0 Å². The van der Waals surface area contributed by atoms with Crippen LogP contribution in [-0.4, -0.2) is 39.3 Å². The number of carbonyl (C=O) groups excluding carboxylic acids is 1. The lowest BCUT2D eigenvalue weighted by molar-refractivity contribution is -0.122. The number of hydrogen-bond acceptors (Lipinski definition) is 5. The highest BCUT2D eigenvalue weighted by molar-refractivity contribution is 7.15. The van der Waals surface area contributed by atoms with Gasteiger partial charge in [0.1, 0.15) is 0 Å². The summed E-state index contributed by atoms with van der Waals surface area (Å²) < 4.78 is 1.66. The normalized spacial score (nSPS) is 16.6. The van der Waals surface area contributed by atoms with Gasteiger partial charge in [-0.15, -0.1) is 11.3 Å². The second-order valence-corrected chi connectivity index (χ2v) is 7.29. The van der Waals surface area contributed by atoms with E-state index >= 15 is 0 Å². The summed E-state index contributed by atoms with van der Waals surface area (Å²) in [4.78, 5) is 31.6. The first-order valence-electron chi connectivity index (χ1n) is 8.55. The topological polar surface area (TPSA) is 66.7 Å². The molecule has 1 amide bonds. The highest BCUT2D eigenvalue weighted by atomic mass is 32.1. The third kappa shape index (κ3) is 3.84. The third-order valence-corrected chi connectivity index (χ3v) is 5.39. The lowest BCUT2D eigenvalue weighted by atomic mass is 10.0. The largest absolute Gasteiger partial charge is 0.353 e. The molecule has 1 aliphatic rings. The third-order valence-electron chi connectivity index (χ3n) is 4.44. The Labute approximate surface area is 145 Å². The monoisotopic (exact) mass is 348 g/mol. The number of nitrogens with one attached hydrogen (secondary N) is 1. The van der Waals surface area contributed by atoms with Gasteiger partial charge in [0.25, 0.3) is 5.56 Å². The van der Waals surface area contributed by atoms with Crippen molar-refractivity contribution in [2.75, 3.05) is 13.1 Å². The molecule has 0 atom stereocenters. The second-order valence-electron chi connectivity index (χ2n) is 6.45. The van der Waals surface area contributed by atoms with Crippen LogP contribution in [0.4, 0.5) is 0 Å². The van der Waals surface area contributed by atoms with Crippen LogP contribution in [0.15, 0.2) is 16.2 Å². The van der Waals surface area contributed by atoms with Crippen molar-refractivity contribution in [3.8, 4) is 0 Å². The molecule has 1 fully saturated rings. The smallest absolute Gasteiger partial charge is 0.259 e. The molecular formula is C17H24N4O2S. The highest BCUT2D eigenvalue weighted by Gasteiger charge is 2.21. The number of fused-ring (bicyclic) bond motifs is 1. The van der Waals surface area contributed by atoms with Gasteiger partial charge in [0.15, 0.2) is 4.96 Å². The van der Waals surface area contributed by atoms with E-state index in [1.54, 1.807) is 10.5 Å². The van der Waals surface area contributed by atoms with Crippen molar-refractivity contribution >= 4 is 22.2 Å². The molecule has 0 aliphatic carbocycles. The van der Waals surface area contributed by atoms with E-state index in [1.807, 2.05) is 19.2 Å². The van der Waals surface area contributed by atoms with Crippen LogP contribution in [0.2, 0.25) is 0 Å². The number of aryl methyl sites for hydroxylation is 1. The first-order valence-corrected chi connectivity index (χ1v) is 9.43. The molecule has 0 spiro atoms. The van der Waals surface area contributed by atoms with E-state index in [2.05, 4.69) is 15.2 Å². The Balaban J connectivity index is 1.58. The summed E-state index contributed by atoms with van der Waals surface area (Å²) in [5.74, 6) is 0.157. The molecule has 0 saturated carbocycles. The SMILES string of the molecule is CCCC(=O)NC1CCN(Cc2cc(=O)n3c(C)csc3n2)CC1. The Hall–Kier alpha value is -1.73.